The maximum atomic E-state index is 12.4. The van der Waals surface area contributed by atoms with Crippen LogP contribution in [0, 0.1) is 27.7 Å². The smallest absolute Gasteiger partial charge is 0.256 e. The molecule has 0 heterocycles. The van der Waals surface area contributed by atoms with E-state index in [1.807, 2.05) is 58.0 Å². The summed E-state index contributed by atoms with van der Waals surface area (Å²) < 4.78 is 1.04. The fraction of sp³-hybridized carbons (Fsp3) is 0.235. The van der Waals surface area contributed by atoms with Gasteiger partial charge < -0.3 is 5.32 Å². The zero-order valence-electron chi connectivity index (χ0n) is 12.2. The second-order valence-electron chi connectivity index (χ2n) is 5.19. The molecular formula is C17H18BrNO. The number of rotatable bonds is 2. The SMILES string of the molecule is Cc1cc(C)c(C(=O)Nc2ccc(Br)c(C)c2)c(C)c1. The highest BCUT2D eigenvalue weighted by molar-refractivity contribution is 9.10. The van der Waals surface area contributed by atoms with Crippen molar-refractivity contribution in [2.45, 2.75) is 27.7 Å². The van der Waals surface area contributed by atoms with Gasteiger partial charge in [0, 0.05) is 15.7 Å². The summed E-state index contributed by atoms with van der Waals surface area (Å²) in [6, 6.07) is 9.87. The minimum absolute atomic E-state index is 0.0540. The number of anilines is 1. The predicted molar refractivity (Wildman–Crippen MR) is 87.5 cm³/mol. The average molecular weight is 332 g/mol. The zero-order valence-corrected chi connectivity index (χ0v) is 13.8. The summed E-state index contributed by atoms with van der Waals surface area (Å²) in [7, 11) is 0. The van der Waals surface area contributed by atoms with Gasteiger partial charge in [-0.1, -0.05) is 33.6 Å². The molecule has 0 fully saturated rings. The van der Waals surface area contributed by atoms with Crippen LogP contribution in [0.5, 0.6) is 0 Å². The summed E-state index contributed by atoms with van der Waals surface area (Å²) in [4.78, 5) is 12.4. The lowest BCUT2D eigenvalue weighted by Gasteiger charge is -2.12. The van der Waals surface area contributed by atoms with Crippen LogP contribution in [0.3, 0.4) is 0 Å². The quantitative estimate of drug-likeness (QED) is 0.830. The highest BCUT2D eigenvalue weighted by Gasteiger charge is 2.13. The summed E-state index contributed by atoms with van der Waals surface area (Å²) in [5, 5.41) is 2.97. The first-order valence-electron chi connectivity index (χ1n) is 6.54. The Morgan fingerprint density at radius 1 is 0.950 bits per heavy atom. The average Bonchev–Trinajstić information content (AvgIpc) is 2.32. The number of carbonyl (C=O) groups excluding carboxylic acids is 1. The van der Waals surface area contributed by atoms with Gasteiger partial charge in [-0.05, 0) is 62.6 Å². The number of benzene rings is 2. The lowest BCUT2D eigenvalue weighted by molar-refractivity contribution is 0.102. The first-order chi connectivity index (χ1) is 9.38. The van der Waals surface area contributed by atoms with E-state index in [1.165, 1.54) is 5.56 Å². The van der Waals surface area contributed by atoms with Gasteiger partial charge in [0.2, 0.25) is 0 Å². The Labute approximate surface area is 128 Å². The second-order valence-corrected chi connectivity index (χ2v) is 6.05. The van der Waals surface area contributed by atoms with Gasteiger partial charge in [0.05, 0.1) is 0 Å². The van der Waals surface area contributed by atoms with E-state index in [4.69, 9.17) is 0 Å². The monoisotopic (exact) mass is 331 g/mol. The Morgan fingerprint density at radius 2 is 1.55 bits per heavy atom. The van der Waals surface area contributed by atoms with Gasteiger partial charge in [-0.2, -0.15) is 0 Å². The van der Waals surface area contributed by atoms with E-state index in [2.05, 4.69) is 21.2 Å². The van der Waals surface area contributed by atoms with E-state index in [1.54, 1.807) is 0 Å². The third-order valence-corrected chi connectivity index (χ3v) is 4.21. The van der Waals surface area contributed by atoms with Crippen LogP contribution in [0.4, 0.5) is 5.69 Å². The number of hydrogen-bond acceptors (Lipinski definition) is 1. The van der Waals surface area contributed by atoms with Gasteiger partial charge >= 0.3 is 0 Å². The van der Waals surface area contributed by atoms with Crippen molar-refractivity contribution in [1.29, 1.82) is 0 Å². The minimum atomic E-state index is -0.0540. The molecule has 2 nitrogen and oxygen atoms in total. The number of amides is 1. The second kappa shape index (κ2) is 5.80. The Hall–Kier alpha value is -1.61. The Morgan fingerprint density at radius 3 is 2.10 bits per heavy atom. The van der Waals surface area contributed by atoms with Gasteiger partial charge in [0.15, 0.2) is 0 Å². The number of nitrogens with one attached hydrogen (secondary N) is 1. The van der Waals surface area contributed by atoms with Gasteiger partial charge in [-0.25, -0.2) is 0 Å². The first kappa shape index (κ1) is 14.8. The van der Waals surface area contributed by atoms with Crippen molar-refractivity contribution in [3.05, 3.63) is 62.6 Å². The molecule has 0 atom stereocenters. The predicted octanol–water partition coefficient (Wildman–Crippen LogP) is 4.94. The molecule has 1 N–H and O–H groups in total. The van der Waals surface area contributed by atoms with E-state index < -0.39 is 0 Å². The Kier molecular flexibility index (Phi) is 4.29. The van der Waals surface area contributed by atoms with Crippen molar-refractivity contribution in [3.8, 4) is 0 Å². The highest BCUT2D eigenvalue weighted by Crippen LogP contribution is 2.22. The van der Waals surface area contributed by atoms with E-state index in [0.717, 1.165) is 32.4 Å². The molecule has 0 aliphatic carbocycles. The molecule has 2 aromatic rings. The molecular weight excluding hydrogens is 314 g/mol. The number of hydrogen-bond donors (Lipinski definition) is 1. The fourth-order valence-corrected chi connectivity index (χ4v) is 2.70. The molecule has 0 radical (unpaired) electrons. The Bertz CT molecular complexity index is 654. The molecule has 2 aromatic carbocycles. The van der Waals surface area contributed by atoms with Crippen molar-refractivity contribution >= 4 is 27.5 Å². The number of halogens is 1. The molecule has 0 aliphatic heterocycles. The summed E-state index contributed by atoms with van der Waals surface area (Å²) in [6.45, 7) is 7.99. The fourth-order valence-electron chi connectivity index (χ4n) is 2.45. The van der Waals surface area contributed by atoms with E-state index in [9.17, 15) is 4.79 Å². The first-order valence-corrected chi connectivity index (χ1v) is 7.33. The van der Waals surface area contributed by atoms with Crippen LogP contribution in [0.2, 0.25) is 0 Å². The summed E-state index contributed by atoms with van der Waals surface area (Å²) >= 11 is 3.46. The number of carbonyl (C=O) groups is 1. The van der Waals surface area contributed by atoms with Gasteiger partial charge in [0.1, 0.15) is 0 Å². The van der Waals surface area contributed by atoms with Gasteiger partial charge in [-0.15, -0.1) is 0 Å². The van der Waals surface area contributed by atoms with Crippen LogP contribution in [0.25, 0.3) is 0 Å². The maximum absolute atomic E-state index is 12.4. The van der Waals surface area contributed by atoms with E-state index in [0.29, 0.717) is 0 Å². The third-order valence-electron chi connectivity index (χ3n) is 3.32. The molecule has 104 valence electrons. The lowest BCUT2D eigenvalue weighted by atomic mass is 9.99. The van der Waals surface area contributed by atoms with Crippen molar-refractivity contribution in [3.63, 3.8) is 0 Å². The molecule has 1 amide bonds. The summed E-state index contributed by atoms with van der Waals surface area (Å²) in [5.41, 5.74) is 5.87. The summed E-state index contributed by atoms with van der Waals surface area (Å²) in [6.07, 6.45) is 0. The lowest BCUT2D eigenvalue weighted by Crippen LogP contribution is -2.15. The molecule has 0 saturated heterocycles. The minimum Gasteiger partial charge on any atom is -0.322 e. The van der Waals surface area contributed by atoms with Crippen LogP contribution >= 0.6 is 15.9 Å². The molecule has 0 spiro atoms. The van der Waals surface area contributed by atoms with Crippen LogP contribution in [0.1, 0.15) is 32.6 Å². The molecule has 20 heavy (non-hydrogen) atoms. The van der Waals surface area contributed by atoms with Crippen LogP contribution in [-0.2, 0) is 0 Å². The standard InChI is InChI=1S/C17H18BrNO/c1-10-7-12(3)16(13(4)8-10)17(20)19-14-5-6-15(18)11(2)9-14/h5-9H,1-4H3,(H,19,20). The van der Waals surface area contributed by atoms with Crippen LogP contribution in [0.15, 0.2) is 34.8 Å². The zero-order chi connectivity index (χ0) is 14.9. The van der Waals surface area contributed by atoms with Crippen LogP contribution < -0.4 is 5.32 Å². The van der Waals surface area contributed by atoms with Gasteiger partial charge in [0.25, 0.3) is 5.91 Å². The normalized spacial score (nSPS) is 10.4. The van der Waals surface area contributed by atoms with Crippen molar-refractivity contribution in [1.82, 2.24) is 0 Å². The Balaban J connectivity index is 2.31. The third kappa shape index (κ3) is 3.10. The topological polar surface area (TPSA) is 29.1 Å². The molecule has 0 bridgehead atoms. The largest absolute Gasteiger partial charge is 0.322 e. The molecule has 0 saturated carbocycles. The van der Waals surface area contributed by atoms with Crippen molar-refractivity contribution in [2.75, 3.05) is 5.32 Å². The molecule has 0 aliphatic rings. The van der Waals surface area contributed by atoms with Crippen molar-refractivity contribution in [2.24, 2.45) is 0 Å². The number of aryl methyl sites for hydroxylation is 4. The van der Waals surface area contributed by atoms with E-state index in [-0.39, 0.29) is 5.91 Å². The maximum Gasteiger partial charge on any atom is 0.256 e. The molecule has 2 rings (SSSR count). The highest BCUT2D eigenvalue weighted by atomic mass is 79.9. The van der Waals surface area contributed by atoms with E-state index >= 15 is 0 Å². The summed E-state index contributed by atoms with van der Waals surface area (Å²) in [5.74, 6) is -0.0540. The van der Waals surface area contributed by atoms with Gasteiger partial charge in [-0.3, -0.25) is 4.79 Å². The molecule has 3 heteroatoms. The molecule has 0 unspecified atom stereocenters. The van der Waals surface area contributed by atoms with Crippen molar-refractivity contribution < 1.29 is 4.79 Å². The molecule has 0 aromatic heterocycles. The van der Waals surface area contributed by atoms with Crippen LogP contribution in [-0.4, -0.2) is 5.91 Å².